The normalized spacial score (nSPS) is 22.0. The lowest BCUT2D eigenvalue weighted by atomic mass is 10.1. The van der Waals surface area contributed by atoms with E-state index in [4.69, 9.17) is 9.47 Å². The number of nitrogens with one attached hydrogen (secondary N) is 1. The molecule has 3 aliphatic rings. The Balaban J connectivity index is 1.10. The van der Waals surface area contributed by atoms with Gasteiger partial charge in [-0.25, -0.2) is 4.79 Å². The van der Waals surface area contributed by atoms with Crippen LogP contribution in [0.2, 0.25) is 0 Å². The molecule has 1 aromatic rings. The van der Waals surface area contributed by atoms with E-state index in [1.165, 1.54) is 0 Å². The number of fused-ring (bicyclic) bond motifs is 2. The van der Waals surface area contributed by atoms with Crippen LogP contribution in [0.3, 0.4) is 0 Å². The lowest BCUT2D eigenvalue weighted by molar-refractivity contribution is -0.133. The first kappa shape index (κ1) is 24.5. The summed E-state index contributed by atoms with van der Waals surface area (Å²) in [5, 5.41) is 2.66. The van der Waals surface area contributed by atoms with Gasteiger partial charge in [-0.05, 0) is 70.7 Å². The first-order valence-corrected chi connectivity index (χ1v) is 12.5. The fourth-order valence-electron chi connectivity index (χ4n) is 4.81. The van der Waals surface area contributed by atoms with Gasteiger partial charge in [-0.1, -0.05) is 0 Å². The Morgan fingerprint density at radius 1 is 1.06 bits per heavy atom. The van der Waals surface area contributed by atoms with Crippen molar-refractivity contribution in [2.75, 3.05) is 32.8 Å². The van der Waals surface area contributed by atoms with Gasteiger partial charge < -0.3 is 19.7 Å². The Bertz CT molecular complexity index is 891. The maximum atomic E-state index is 12.6. The van der Waals surface area contributed by atoms with Crippen LogP contribution in [0.1, 0.15) is 63.2 Å². The van der Waals surface area contributed by atoms with E-state index in [2.05, 4.69) is 10.2 Å². The van der Waals surface area contributed by atoms with Gasteiger partial charge >= 0.3 is 6.09 Å². The molecule has 186 valence electrons. The van der Waals surface area contributed by atoms with Crippen LogP contribution in [0.4, 0.5) is 4.79 Å². The molecular weight excluding hydrogens is 434 g/mol. The zero-order valence-electron chi connectivity index (χ0n) is 20.5. The molecule has 0 aromatic heterocycles. The van der Waals surface area contributed by atoms with Crippen LogP contribution in [0.5, 0.6) is 5.75 Å². The third-order valence-corrected chi connectivity index (χ3v) is 6.63. The van der Waals surface area contributed by atoms with Crippen molar-refractivity contribution >= 4 is 17.8 Å². The van der Waals surface area contributed by atoms with Gasteiger partial charge in [0.15, 0.2) is 5.78 Å². The van der Waals surface area contributed by atoms with Crippen LogP contribution in [0, 0.1) is 5.92 Å². The molecule has 0 radical (unpaired) electrons. The van der Waals surface area contributed by atoms with E-state index in [9.17, 15) is 14.4 Å². The number of amides is 2. The smallest absolute Gasteiger partial charge is 0.407 e. The summed E-state index contributed by atoms with van der Waals surface area (Å²) in [5.74, 6) is 1.38. The number of likely N-dealkylation sites (tertiary alicyclic amines) is 2. The maximum absolute atomic E-state index is 12.6. The SMILES string of the molecule is CC(C)(C)OC(=O)NCCC(=O)N1C[C@@H]2C[C@H]1CN2CCCOc1ccc(C(=O)C2CC2)cc1. The van der Waals surface area contributed by atoms with Crippen molar-refractivity contribution in [3.05, 3.63) is 29.8 Å². The molecule has 2 atom stereocenters. The van der Waals surface area contributed by atoms with Crippen LogP contribution in [0.25, 0.3) is 0 Å². The van der Waals surface area contributed by atoms with Gasteiger partial charge in [-0.15, -0.1) is 0 Å². The molecule has 1 aromatic carbocycles. The highest BCUT2D eigenvalue weighted by Gasteiger charge is 2.44. The second kappa shape index (κ2) is 10.3. The van der Waals surface area contributed by atoms with Gasteiger partial charge in [0.05, 0.1) is 6.61 Å². The van der Waals surface area contributed by atoms with Crippen LogP contribution in [-0.2, 0) is 9.53 Å². The second-order valence-corrected chi connectivity index (χ2v) is 10.6. The molecule has 1 N–H and O–H groups in total. The Labute approximate surface area is 201 Å². The van der Waals surface area contributed by atoms with E-state index < -0.39 is 11.7 Å². The van der Waals surface area contributed by atoms with E-state index >= 15 is 0 Å². The van der Waals surface area contributed by atoms with Gasteiger partial charge in [0, 0.05) is 56.2 Å². The monoisotopic (exact) mass is 471 g/mol. The van der Waals surface area contributed by atoms with Gasteiger partial charge in [-0.3, -0.25) is 14.5 Å². The fraction of sp³-hybridized carbons (Fsp3) is 0.654. The van der Waals surface area contributed by atoms with Crippen LogP contribution < -0.4 is 10.1 Å². The lowest BCUT2D eigenvalue weighted by Gasteiger charge is -2.34. The van der Waals surface area contributed by atoms with E-state index in [1.54, 1.807) is 0 Å². The number of rotatable bonds is 10. The molecule has 2 saturated heterocycles. The molecule has 4 rings (SSSR count). The number of hydrogen-bond donors (Lipinski definition) is 1. The average molecular weight is 472 g/mol. The summed E-state index contributed by atoms with van der Waals surface area (Å²) in [4.78, 5) is 40.8. The van der Waals surface area contributed by atoms with E-state index in [-0.39, 0.29) is 23.7 Å². The Morgan fingerprint density at radius 2 is 1.79 bits per heavy atom. The van der Waals surface area contributed by atoms with Crippen molar-refractivity contribution < 1.29 is 23.9 Å². The minimum Gasteiger partial charge on any atom is -0.494 e. The number of alkyl carbamates (subject to hydrolysis) is 1. The minimum absolute atomic E-state index is 0.0927. The maximum Gasteiger partial charge on any atom is 0.407 e. The zero-order chi connectivity index (χ0) is 24.3. The number of ketones is 1. The summed E-state index contributed by atoms with van der Waals surface area (Å²) in [7, 11) is 0. The largest absolute Gasteiger partial charge is 0.494 e. The third-order valence-electron chi connectivity index (χ3n) is 6.63. The summed E-state index contributed by atoms with van der Waals surface area (Å²) in [6.07, 6.45) is 3.78. The molecule has 2 bridgehead atoms. The second-order valence-electron chi connectivity index (χ2n) is 10.6. The number of carbonyl (C=O) groups excluding carboxylic acids is 3. The van der Waals surface area contributed by atoms with Crippen molar-refractivity contribution in [2.24, 2.45) is 5.92 Å². The summed E-state index contributed by atoms with van der Waals surface area (Å²) < 4.78 is 11.1. The van der Waals surface area contributed by atoms with Gasteiger partial charge in [0.2, 0.25) is 5.91 Å². The first-order valence-electron chi connectivity index (χ1n) is 12.5. The van der Waals surface area contributed by atoms with E-state index in [0.29, 0.717) is 25.6 Å². The van der Waals surface area contributed by atoms with Crippen LogP contribution >= 0.6 is 0 Å². The average Bonchev–Trinajstić information content (AvgIpc) is 3.44. The molecule has 2 aliphatic heterocycles. The predicted octanol–water partition coefficient (Wildman–Crippen LogP) is 3.25. The predicted molar refractivity (Wildman–Crippen MR) is 128 cm³/mol. The van der Waals surface area contributed by atoms with Gasteiger partial charge in [0.25, 0.3) is 0 Å². The van der Waals surface area contributed by atoms with Crippen molar-refractivity contribution in [2.45, 2.75) is 70.6 Å². The lowest BCUT2D eigenvalue weighted by Crippen LogP contribution is -2.49. The summed E-state index contributed by atoms with van der Waals surface area (Å²) in [6, 6.07) is 8.16. The molecule has 2 amide bonds. The van der Waals surface area contributed by atoms with Crippen LogP contribution in [0.15, 0.2) is 24.3 Å². The molecule has 1 saturated carbocycles. The number of ether oxygens (including phenoxy) is 2. The van der Waals surface area contributed by atoms with Gasteiger partial charge in [0.1, 0.15) is 11.4 Å². The molecular formula is C26H37N3O5. The highest BCUT2D eigenvalue weighted by Crippen LogP contribution is 2.33. The highest BCUT2D eigenvalue weighted by atomic mass is 16.6. The number of hydrogen-bond acceptors (Lipinski definition) is 6. The van der Waals surface area contributed by atoms with Crippen molar-refractivity contribution in [3.63, 3.8) is 0 Å². The topological polar surface area (TPSA) is 88.2 Å². The molecule has 2 heterocycles. The first-order chi connectivity index (χ1) is 16.2. The number of benzene rings is 1. The molecule has 0 unspecified atom stereocenters. The van der Waals surface area contributed by atoms with Crippen LogP contribution in [-0.4, -0.2) is 78.1 Å². The van der Waals surface area contributed by atoms with Crippen molar-refractivity contribution in [3.8, 4) is 5.75 Å². The standard InChI is InChI=1S/C26H37N3O5/c1-26(2,3)34-25(32)27-12-11-23(30)29-17-20-15-21(29)16-28(20)13-4-14-33-22-9-7-19(8-10-22)24(31)18-5-6-18/h7-10,18,20-21H,4-6,11-17H2,1-3H3,(H,27,32)/t20-,21-/m0/s1. The fourth-order valence-corrected chi connectivity index (χ4v) is 4.81. The Morgan fingerprint density at radius 3 is 2.41 bits per heavy atom. The minimum atomic E-state index is -0.544. The van der Waals surface area contributed by atoms with Crippen molar-refractivity contribution in [1.29, 1.82) is 0 Å². The molecule has 8 nitrogen and oxygen atoms in total. The number of carbonyl (C=O) groups is 3. The number of Topliss-reactive ketones (excluding diaryl/α,β-unsaturated/α-hetero) is 1. The number of piperazine rings is 1. The molecule has 3 fully saturated rings. The summed E-state index contributed by atoms with van der Waals surface area (Å²) in [6.45, 7) is 8.95. The van der Waals surface area contributed by atoms with E-state index in [0.717, 1.165) is 56.6 Å². The quantitative estimate of drug-likeness (QED) is 0.416. The summed E-state index contributed by atoms with van der Waals surface area (Å²) in [5.41, 5.74) is 0.236. The molecule has 8 heteroatoms. The van der Waals surface area contributed by atoms with Gasteiger partial charge in [-0.2, -0.15) is 0 Å². The molecule has 1 aliphatic carbocycles. The zero-order valence-corrected chi connectivity index (χ0v) is 20.5. The summed E-state index contributed by atoms with van der Waals surface area (Å²) >= 11 is 0. The molecule has 34 heavy (non-hydrogen) atoms. The van der Waals surface area contributed by atoms with E-state index in [1.807, 2.05) is 49.9 Å². The Kier molecular flexibility index (Phi) is 7.45. The van der Waals surface area contributed by atoms with Crippen molar-refractivity contribution in [1.82, 2.24) is 15.1 Å². The molecule has 0 spiro atoms. The highest BCUT2D eigenvalue weighted by molar-refractivity contribution is 5.99. The third kappa shape index (κ3) is 6.50. The number of nitrogens with zero attached hydrogens (tertiary/aromatic N) is 2. The Hall–Kier alpha value is -2.61.